The molecule has 0 aliphatic heterocycles. The van der Waals surface area contributed by atoms with Gasteiger partial charge in [-0.3, -0.25) is 4.57 Å². The van der Waals surface area contributed by atoms with Gasteiger partial charge < -0.3 is 0 Å². The number of rotatable bonds is 5. The minimum absolute atomic E-state index is 0.940. The smallest absolute Gasteiger partial charge is 0.145 e. The number of nitrogens with zero attached hydrogens (tertiary/aromatic N) is 2. The SMILES string of the molecule is c1ccc(-c2c3cc4c5ccccc5c5cccc(c3c(-c3ccccc3)c3c6cccc7c(-c8ccc(-n9c(-c%10ccccc%10)nc%10ccccc%109)cc8)ccc(c23)c76)c54)cc1. The molecule has 2 nitrogen and oxygen atoms in total. The van der Waals surface area contributed by atoms with Gasteiger partial charge in [-0.15, -0.1) is 0 Å². The predicted octanol–water partition coefficient (Wildman–Crippen LogP) is 16.6. The van der Waals surface area contributed by atoms with Crippen molar-refractivity contribution >= 4 is 86.4 Å². The third kappa shape index (κ3) is 4.81. The van der Waals surface area contributed by atoms with Crippen LogP contribution >= 0.6 is 0 Å². The standard InChI is InChI=1S/C61H36N2/c1-4-16-38(17-5-1)54-51-36-50-44-23-11-10-22-43(44)46-25-15-26-47(57(46)50)58(51)55(39-18-6-2-7-19-39)60-48-27-14-24-45-42(34-35-49(56(45)48)59(54)60)37-30-32-41(33-31-37)63-53-29-13-12-28-52(53)62-61(63)40-20-8-3-9-21-40/h1-36H. The molecule has 14 aromatic rings. The van der Waals surface area contributed by atoms with Gasteiger partial charge in [-0.2, -0.15) is 0 Å². The molecule has 0 atom stereocenters. The molecule has 0 unspecified atom stereocenters. The summed E-state index contributed by atoms with van der Waals surface area (Å²) < 4.78 is 2.29. The van der Waals surface area contributed by atoms with Gasteiger partial charge in [0.1, 0.15) is 5.82 Å². The second kappa shape index (κ2) is 13.1. The van der Waals surface area contributed by atoms with Crippen molar-refractivity contribution in [2.45, 2.75) is 0 Å². The Hall–Kier alpha value is -8.33. The first-order valence-corrected chi connectivity index (χ1v) is 21.8. The molecule has 0 saturated heterocycles. The summed E-state index contributed by atoms with van der Waals surface area (Å²) in [5.74, 6) is 0.940. The molecule has 0 amide bonds. The van der Waals surface area contributed by atoms with E-state index >= 15 is 0 Å². The van der Waals surface area contributed by atoms with Crippen LogP contribution in [0.4, 0.5) is 0 Å². The maximum absolute atomic E-state index is 5.11. The van der Waals surface area contributed by atoms with Crippen LogP contribution in [-0.2, 0) is 0 Å². The highest BCUT2D eigenvalue weighted by Gasteiger charge is 2.27. The summed E-state index contributed by atoms with van der Waals surface area (Å²) in [5, 5.41) is 18.3. The molecule has 0 N–H and O–H groups in total. The van der Waals surface area contributed by atoms with Crippen molar-refractivity contribution in [1.29, 1.82) is 0 Å². The van der Waals surface area contributed by atoms with Crippen molar-refractivity contribution in [1.82, 2.24) is 9.55 Å². The molecule has 14 rings (SSSR count). The Morgan fingerprint density at radius 1 is 0.286 bits per heavy atom. The van der Waals surface area contributed by atoms with Gasteiger partial charge in [0.15, 0.2) is 0 Å². The molecule has 0 aliphatic rings. The van der Waals surface area contributed by atoms with Crippen LogP contribution in [0.1, 0.15) is 0 Å². The molecule has 1 heterocycles. The zero-order valence-electron chi connectivity index (χ0n) is 34.2. The van der Waals surface area contributed by atoms with Gasteiger partial charge in [0.05, 0.1) is 11.0 Å². The van der Waals surface area contributed by atoms with Gasteiger partial charge in [-0.1, -0.05) is 188 Å². The highest BCUT2D eigenvalue weighted by atomic mass is 15.1. The summed E-state index contributed by atoms with van der Waals surface area (Å²) in [6, 6.07) is 80.3. The lowest BCUT2D eigenvalue weighted by Crippen LogP contribution is -1.97. The Kier molecular flexibility index (Phi) is 7.14. The highest BCUT2D eigenvalue weighted by molar-refractivity contribution is 6.45. The number of benzene rings is 11. The summed E-state index contributed by atoms with van der Waals surface area (Å²) >= 11 is 0. The van der Waals surface area contributed by atoms with E-state index in [0.29, 0.717) is 0 Å². The topological polar surface area (TPSA) is 17.8 Å². The normalized spacial score (nSPS) is 12.1. The van der Waals surface area contributed by atoms with Crippen molar-refractivity contribution in [3.63, 3.8) is 0 Å². The van der Waals surface area contributed by atoms with Crippen molar-refractivity contribution in [3.8, 4) is 50.5 Å². The first-order valence-electron chi connectivity index (χ1n) is 21.8. The van der Waals surface area contributed by atoms with Crippen LogP contribution in [0.5, 0.6) is 0 Å². The zero-order chi connectivity index (χ0) is 41.2. The molecule has 1 aromatic heterocycles. The molecule has 290 valence electrons. The fraction of sp³-hybridized carbons (Fsp3) is 0. The molecule has 0 radical (unpaired) electrons. The molecule has 0 bridgehead atoms. The molecular weight excluding hydrogens is 761 g/mol. The number of imidazole rings is 1. The molecule has 63 heavy (non-hydrogen) atoms. The molecule has 0 spiro atoms. The van der Waals surface area contributed by atoms with Gasteiger partial charge in [0, 0.05) is 11.3 Å². The summed E-state index contributed by atoms with van der Waals surface area (Å²) in [7, 11) is 0. The number of fused-ring (bicyclic) bond motifs is 9. The van der Waals surface area contributed by atoms with E-state index < -0.39 is 0 Å². The molecule has 0 aliphatic carbocycles. The van der Waals surface area contributed by atoms with E-state index in [0.717, 1.165) is 28.1 Å². The number of hydrogen-bond acceptors (Lipinski definition) is 1. The zero-order valence-corrected chi connectivity index (χ0v) is 34.2. The summed E-state index contributed by atoms with van der Waals surface area (Å²) in [5.41, 5.74) is 11.7. The van der Waals surface area contributed by atoms with E-state index in [4.69, 9.17) is 4.98 Å². The first kappa shape index (κ1) is 34.4. The summed E-state index contributed by atoms with van der Waals surface area (Å²) in [6.45, 7) is 0. The fourth-order valence-electron chi connectivity index (χ4n) is 11.1. The van der Waals surface area contributed by atoms with E-state index in [9.17, 15) is 0 Å². The van der Waals surface area contributed by atoms with Crippen LogP contribution in [0.2, 0.25) is 0 Å². The molecule has 0 fully saturated rings. The minimum Gasteiger partial charge on any atom is -0.292 e. The van der Waals surface area contributed by atoms with E-state index in [2.05, 4.69) is 223 Å². The third-order valence-electron chi connectivity index (χ3n) is 13.7. The first-order chi connectivity index (χ1) is 31.3. The Balaban J connectivity index is 1.08. The van der Waals surface area contributed by atoms with Gasteiger partial charge in [-0.05, 0) is 139 Å². The Bertz CT molecular complexity index is 4090. The minimum atomic E-state index is 0.940. The van der Waals surface area contributed by atoms with E-state index in [1.807, 2.05) is 0 Å². The summed E-state index contributed by atoms with van der Waals surface area (Å²) in [6.07, 6.45) is 0. The average molecular weight is 797 g/mol. The lowest BCUT2D eigenvalue weighted by atomic mass is 9.84. The van der Waals surface area contributed by atoms with E-state index in [1.54, 1.807) is 0 Å². The van der Waals surface area contributed by atoms with Gasteiger partial charge in [-0.25, -0.2) is 4.98 Å². The average Bonchev–Trinajstić information content (AvgIpc) is 4.02. The predicted molar refractivity (Wildman–Crippen MR) is 268 cm³/mol. The quantitative estimate of drug-likeness (QED) is 0.159. The van der Waals surface area contributed by atoms with Crippen molar-refractivity contribution in [2.24, 2.45) is 0 Å². The number of aromatic nitrogens is 2. The maximum Gasteiger partial charge on any atom is 0.145 e. The maximum atomic E-state index is 5.11. The van der Waals surface area contributed by atoms with E-state index in [-0.39, 0.29) is 0 Å². The fourth-order valence-corrected chi connectivity index (χ4v) is 11.1. The van der Waals surface area contributed by atoms with Crippen LogP contribution in [0.15, 0.2) is 218 Å². The molecule has 0 saturated carbocycles. The second-order valence-corrected chi connectivity index (χ2v) is 16.9. The lowest BCUT2D eigenvalue weighted by molar-refractivity contribution is 1.10. The molecular formula is C61H36N2. The van der Waals surface area contributed by atoms with Crippen LogP contribution in [0, 0.1) is 0 Å². The van der Waals surface area contributed by atoms with Gasteiger partial charge in [0.2, 0.25) is 0 Å². The monoisotopic (exact) mass is 796 g/mol. The van der Waals surface area contributed by atoms with Crippen molar-refractivity contribution < 1.29 is 0 Å². The Labute approximate surface area is 363 Å². The van der Waals surface area contributed by atoms with Gasteiger partial charge >= 0.3 is 0 Å². The second-order valence-electron chi connectivity index (χ2n) is 16.9. The molecule has 13 aromatic carbocycles. The summed E-state index contributed by atoms with van der Waals surface area (Å²) in [4.78, 5) is 5.11. The van der Waals surface area contributed by atoms with Crippen molar-refractivity contribution in [3.05, 3.63) is 218 Å². The Morgan fingerprint density at radius 3 is 1.54 bits per heavy atom. The highest BCUT2D eigenvalue weighted by Crippen LogP contribution is 2.55. The van der Waals surface area contributed by atoms with Gasteiger partial charge in [0.25, 0.3) is 0 Å². The van der Waals surface area contributed by atoms with Crippen LogP contribution in [0.25, 0.3) is 137 Å². The van der Waals surface area contributed by atoms with E-state index in [1.165, 1.54) is 109 Å². The lowest BCUT2D eigenvalue weighted by Gasteiger charge is -2.19. The third-order valence-corrected chi connectivity index (χ3v) is 13.7. The van der Waals surface area contributed by atoms with Crippen LogP contribution in [0.3, 0.4) is 0 Å². The number of para-hydroxylation sites is 2. The van der Waals surface area contributed by atoms with Crippen molar-refractivity contribution in [2.75, 3.05) is 0 Å². The molecule has 2 heteroatoms. The van der Waals surface area contributed by atoms with Crippen LogP contribution < -0.4 is 0 Å². The Morgan fingerprint density at radius 2 is 0.810 bits per heavy atom. The largest absolute Gasteiger partial charge is 0.292 e. The van der Waals surface area contributed by atoms with Crippen LogP contribution in [-0.4, -0.2) is 9.55 Å². The number of hydrogen-bond donors (Lipinski definition) is 0.